The summed E-state index contributed by atoms with van der Waals surface area (Å²) in [5, 5.41) is 23.5. The number of pyridine rings is 1. The number of ether oxygens (including phenoxy) is 2. The van der Waals surface area contributed by atoms with Crippen LogP contribution in [0.4, 0.5) is 5.69 Å². The number of hydrogen-bond acceptors (Lipinski definition) is 7. The van der Waals surface area contributed by atoms with Gasteiger partial charge in [-0.1, -0.05) is 11.8 Å². The van der Waals surface area contributed by atoms with Crippen molar-refractivity contribution in [1.82, 2.24) is 14.6 Å². The second-order valence-electron chi connectivity index (χ2n) is 7.37. The van der Waals surface area contributed by atoms with Gasteiger partial charge in [-0.15, -0.1) is 10.2 Å². The van der Waals surface area contributed by atoms with E-state index in [2.05, 4.69) is 15.5 Å². The molecular weight excluding hydrogens is 428 g/mol. The molecule has 0 aliphatic rings. The van der Waals surface area contributed by atoms with Crippen molar-refractivity contribution >= 4 is 39.9 Å². The third-order valence-corrected chi connectivity index (χ3v) is 5.97. The summed E-state index contributed by atoms with van der Waals surface area (Å²) in [6.45, 7) is 3.63. The lowest BCUT2D eigenvalue weighted by molar-refractivity contribution is -0.114. The summed E-state index contributed by atoms with van der Waals surface area (Å²) in [6.07, 6.45) is -0.700. The number of benzene rings is 2. The van der Waals surface area contributed by atoms with Crippen LogP contribution in [0.1, 0.15) is 12.5 Å². The lowest BCUT2D eigenvalue weighted by Crippen LogP contribution is -2.20. The van der Waals surface area contributed by atoms with Crippen LogP contribution in [0.15, 0.2) is 53.7 Å². The molecule has 0 radical (unpaired) electrons. The van der Waals surface area contributed by atoms with E-state index in [1.54, 1.807) is 31.4 Å². The first-order valence-corrected chi connectivity index (χ1v) is 11.1. The van der Waals surface area contributed by atoms with Crippen LogP contribution in [0.25, 0.3) is 16.6 Å². The second kappa shape index (κ2) is 9.46. The van der Waals surface area contributed by atoms with Gasteiger partial charge in [0, 0.05) is 29.8 Å². The molecular formula is C23H24N4O4S. The number of aliphatic hydroxyl groups excluding tert-OH is 1. The van der Waals surface area contributed by atoms with Gasteiger partial charge < -0.3 is 19.9 Å². The Kier molecular flexibility index (Phi) is 6.48. The summed E-state index contributed by atoms with van der Waals surface area (Å²) in [5.74, 6) is 1.63. The van der Waals surface area contributed by atoms with Crippen LogP contribution in [0.3, 0.4) is 0 Å². The molecule has 0 bridgehead atoms. The van der Waals surface area contributed by atoms with Crippen LogP contribution >= 0.6 is 11.8 Å². The number of carbonyl (C=O) groups excluding carboxylic acids is 1. The van der Waals surface area contributed by atoms with Crippen molar-refractivity contribution < 1.29 is 19.4 Å². The smallest absolute Gasteiger partial charge is 0.221 e. The van der Waals surface area contributed by atoms with E-state index in [1.807, 2.05) is 35.6 Å². The van der Waals surface area contributed by atoms with E-state index in [1.165, 1.54) is 18.7 Å². The first kappa shape index (κ1) is 21.9. The van der Waals surface area contributed by atoms with Crippen molar-refractivity contribution in [3.63, 3.8) is 0 Å². The van der Waals surface area contributed by atoms with Crippen LogP contribution in [-0.2, 0) is 4.79 Å². The highest BCUT2D eigenvalue weighted by Crippen LogP contribution is 2.29. The largest absolute Gasteiger partial charge is 0.497 e. The molecule has 1 unspecified atom stereocenters. The molecule has 4 rings (SSSR count). The number of fused-ring (bicyclic) bond motifs is 3. The van der Waals surface area contributed by atoms with E-state index in [9.17, 15) is 9.90 Å². The molecule has 0 aliphatic carbocycles. The molecule has 32 heavy (non-hydrogen) atoms. The van der Waals surface area contributed by atoms with E-state index >= 15 is 0 Å². The number of thioether (sulfide) groups is 1. The molecule has 2 heterocycles. The molecule has 0 spiro atoms. The van der Waals surface area contributed by atoms with Crippen molar-refractivity contribution in [2.24, 2.45) is 0 Å². The molecule has 0 saturated carbocycles. The molecule has 2 aromatic heterocycles. The van der Waals surface area contributed by atoms with Gasteiger partial charge in [0.25, 0.3) is 0 Å². The summed E-state index contributed by atoms with van der Waals surface area (Å²) in [5.41, 5.74) is 3.50. The third-order valence-electron chi connectivity index (χ3n) is 4.90. The van der Waals surface area contributed by atoms with E-state index in [4.69, 9.17) is 9.47 Å². The standard InChI is InChI=1S/C23H24N4O4S/c1-14-10-22-25-26-23(27(22)21-11-19(30-3)8-9-20(14)21)32-13-17(29)12-31-18-6-4-16(5-7-18)24-15(2)28/h4-11,17,29H,12-13H2,1-3H3,(H,24,28). The Morgan fingerprint density at radius 3 is 2.62 bits per heavy atom. The molecule has 1 amide bonds. The normalized spacial score (nSPS) is 12.1. The summed E-state index contributed by atoms with van der Waals surface area (Å²) in [4.78, 5) is 11.1. The highest BCUT2D eigenvalue weighted by atomic mass is 32.2. The quantitative estimate of drug-likeness (QED) is 0.394. The lowest BCUT2D eigenvalue weighted by Gasteiger charge is -2.13. The predicted molar refractivity (Wildman–Crippen MR) is 125 cm³/mol. The fraction of sp³-hybridized carbons (Fsp3) is 0.261. The van der Waals surface area contributed by atoms with Crippen LogP contribution in [0.2, 0.25) is 0 Å². The SMILES string of the molecule is COc1ccc2c(C)cc3nnc(SCC(O)COc4ccc(NC(C)=O)cc4)n3c2c1. The Bertz CT molecular complexity index is 1260. The van der Waals surface area contributed by atoms with Crippen LogP contribution in [0, 0.1) is 6.92 Å². The maximum Gasteiger partial charge on any atom is 0.221 e. The monoisotopic (exact) mass is 452 g/mol. The van der Waals surface area contributed by atoms with Crippen LogP contribution in [0.5, 0.6) is 11.5 Å². The molecule has 0 aliphatic heterocycles. The predicted octanol–water partition coefficient (Wildman–Crippen LogP) is 3.69. The Hall–Kier alpha value is -3.30. The Morgan fingerprint density at radius 1 is 1.16 bits per heavy atom. The van der Waals surface area contributed by atoms with Crippen molar-refractivity contribution in [3.05, 3.63) is 54.1 Å². The summed E-state index contributed by atoms with van der Waals surface area (Å²) < 4.78 is 13.0. The molecule has 1 atom stereocenters. The molecule has 0 saturated heterocycles. The molecule has 2 aromatic carbocycles. The highest BCUT2D eigenvalue weighted by Gasteiger charge is 2.15. The second-order valence-corrected chi connectivity index (χ2v) is 8.36. The number of aliphatic hydroxyl groups is 1. The number of amides is 1. The van der Waals surface area contributed by atoms with E-state index in [0.29, 0.717) is 22.3 Å². The van der Waals surface area contributed by atoms with E-state index in [0.717, 1.165) is 27.9 Å². The molecule has 0 fully saturated rings. The van der Waals surface area contributed by atoms with Gasteiger partial charge >= 0.3 is 0 Å². The van der Waals surface area contributed by atoms with Gasteiger partial charge in [0.15, 0.2) is 10.8 Å². The van der Waals surface area contributed by atoms with Crippen molar-refractivity contribution in [3.8, 4) is 11.5 Å². The van der Waals surface area contributed by atoms with Crippen molar-refractivity contribution in [1.29, 1.82) is 0 Å². The summed E-state index contributed by atoms with van der Waals surface area (Å²) >= 11 is 1.41. The van der Waals surface area contributed by atoms with Gasteiger partial charge in [0.05, 0.1) is 18.7 Å². The molecule has 2 N–H and O–H groups in total. The number of carbonyl (C=O) groups is 1. The van der Waals surface area contributed by atoms with Gasteiger partial charge in [0.2, 0.25) is 5.91 Å². The zero-order chi connectivity index (χ0) is 22.7. The van der Waals surface area contributed by atoms with Crippen LogP contribution < -0.4 is 14.8 Å². The lowest BCUT2D eigenvalue weighted by atomic mass is 10.1. The number of hydrogen-bond donors (Lipinski definition) is 2. The van der Waals surface area contributed by atoms with Gasteiger partial charge in [0.1, 0.15) is 18.1 Å². The average Bonchev–Trinajstić information content (AvgIpc) is 3.19. The topological polar surface area (TPSA) is 98.0 Å². The maximum atomic E-state index is 11.1. The maximum absolute atomic E-state index is 11.1. The number of nitrogens with one attached hydrogen (secondary N) is 1. The van der Waals surface area contributed by atoms with Crippen LogP contribution in [-0.4, -0.2) is 51.2 Å². The van der Waals surface area contributed by atoms with E-state index in [-0.39, 0.29) is 12.5 Å². The van der Waals surface area contributed by atoms with Gasteiger partial charge in [-0.25, -0.2) is 0 Å². The van der Waals surface area contributed by atoms with Crippen molar-refractivity contribution in [2.45, 2.75) is 25.1 Å². The van der Waals surface area contributed by atoms with Crippen molar-refractivity contribution in [2.75, 3.05) is 24.8 Å². The molecule has 166 valence electrons. The first-order chi connectivity index (χ1) is 15.4. The van der Waals surface area contributed by atoms with Gasteiger partial charge in [-0.2, -0.15) is 0 Å². The third kappa shape index (κ3) is 4.79. The fourth-order valence-corrected chi connectivity index (χ4v) is 4.23. The zero-order valence-corrected chi connectivity index (χ0v) is 18.8. The number of anilines is 1. The highest BCUT2D eigenvalue weighted by molar-refractivity contribution is 7.99. The number of rotatable bonds is 8. The van der Waals surface area contributed by atoms with E-state index < -0.39 is 6.10 Å². The van der Waals surface area contributed by atoms with Gasteiger partial charge in [-0.3, -0.25) is 9.20 Å². The molecule has 9 heteroatoms. The molecule has 4 aromatic rings. The molecule has 8 nitrogen and oxygen atoms in total. The first-order valence-electron chi connectivity index (χ1n) is 10.1. The minimum absolute atomic E-state index is 0.131. The number of aryl methyl sites for hydroxylation is 1. The minimum atomic E-state index is -0.700. The zero-order valence-electron chi connectivity index (χ0n) is 18.0. The average molecular weight is 453 g/mol. The number of nitrogens with zero attached hydrogens (tertiary/aromatic N) is 3. The summed E-state index contributed by atoms with van der Waals surface area (Å²) in [7, 11) is 1.64. The minimum Gasteiger partial charge on any atom is -0.497 e. The number of methoxy groups -OCH3 is 1. The number of aromatic nitrogens is 3. The van der Waals surface area contributed by atoms with Gasteiger partial charge in [-0.05, 0) is 55.0 Å². The summed E-state index contributed by atoms with van der Waals surface area (Å²) in [6, 6.07) is 14.9. The Morgan fingerprint density at radius 2 is 1.91 bits per heavy atom. The fourth-order valence-electron chi connectivity index (χ4n) is 3.37. The Labute approximate surface area is 189 Å². The Balaban J connectivity index is 1.43.